The summed E-state index contributed by atoms with van der Waals surface area (Å²) in [6.07, 6.45) is 4.87. The fourth-order valence-corrected chi connectivity index (χ4v) is 6.52. The van der Waals surface area contributed by atoms with E-state index in [1.807, 2.05) is 0 Å². The van der Waals surface area contributed by atoms with Crippen molar-refractivity contribution in [3.8, 4) is 0 Å². The second-order valence-electron chi connectivity index (χ2n) is 6.97. The third kappa shape index (κ3) is 4.15. The summed E-state index contributed by atoms with van der Waals surface area (Å²) in [6, 6.07) is 0. The first-order chi connectivity index (χ1) is 14.0. The molecule has 1 unspecified atom stereocenters. The number of hydrogen-bond donors (Lipinski definition) is 1. The Morgan fingerprint density at radius 3 is 2.97 bits per heavy atom. The molecule has 0 aromatic carbocycles. The molecule has 1 N–H and O–H groups in total. The summed E-state index contributed by atoms with van der Waals surface area (Å²) in [4.78, 5) is 40.0. The summed E-state index contributed by atoms with van der Waals surface area (Å²) >= 11 is 4.27. The minimum absolute atomic E-state index is 0.190. The lowest BCUT2D eigenvalue weighted by Gasteiger charge is -2.18. The number of aromatic nitrogens is 3. The monoisotopic (exact) mass is 448 g/mol. The van der Waals surface area contributed by atoms with Crippen molar-refractivity contribution in [1.29, 1.82) is 0 Å². The molecule has 1 aliphatic carbocycles. The number of nitrogens with one attached hydrogen (secondary N) is 1. The van der Waals surface area contributed by atoms with E-state index in [0.29, 0.717) is 21.6 Å². The Labute approximate surface area is 180 Å². The molecule has 4 rings (SSSR count). The number of thioether (sulfide) groups is 1. The van der Waals surface area contributed by atoms with Crippen LogP contribution in [0.5, 0.6) is 0 Å². The van der Waals surface area contributed by atoms with Crippen molar-refractivity contribution in [2.24, 2.45) is 5.92 Å². The zero-order chi connectivity index (χ0) is 20.5. The molecule has 3 aromatic rings. The molecular formula is C19H20N4O3S3. The van der Waals surface area contributed by atoms with E-state index in [1.165, 1.54) is 35.7 Å². The van der Waals surface area contributed by atoms with Gasteiger partial charge >= 0.3 is 5.97 Å². The first kappa shape index (κ1) is 20.2. The molecule has 0 aliphatic heterocycles. The van der Waals surface area contributed by atoms with Gasteiger partial charge in [-0.05, 0) is 37.7 Å². The minimum Gasteiger partial charge on any atom is -0.465 e. The number of aryl methyl sites for hydroxylation is 2. The molecule has 0 spiro atoms. The Kier molecular flexibility index (Phi) is 5.84. The Balaban J connectivity index is 1.47. The number of thiophene rings is 1. The van der Waals surface area contributed by atoms with E-state index >= 15 is 0 Å². The molecule has 0 fully saturated rings. The molecule has 29 heavy (non-hydrogen) atoms. The largest absolute Gasteiger partial charge is 0.465 e. The van der Waals surface area contributed by atoms with Gasteiger partial charge < -0.3 is 10.1 Å². The summed E-state index contributed by atoms with van der Waals surface area (Å²) in [5.74, 6) is 0.265. The van der Waals surface area contributed by atoms with Crippen molar-refractivity contribution >= 4 is 61.7 Å². The second-order valence-corrected chi connectivity index (χ2v) is 10.0. The van der Waals surface area contributed by atoms with Crippen LogP contribution in [0.4, 0.5) is 5.13 Å². The SMILES string of the molecule is COC(=O)c1sc(NC(=O)CSc2ncnc3sc4c(c23)CCC(C)C4)nc1C. The van der Waals surface area contributed by atoms with Crippen molar-refractivity contribution in [1.82, 2.24) is 15.0 Å². The summed E-state index contributed by atoms with van der Waals surface area (Å²) in [5, 5.41) is 5.11. The van der Waals surface area contributed by atoms with Gasteiger partial charge in [-0.25, -0.2) is 19.7 Å². The van der Waals surface area contributed by atoms with Gasteiger partial charge in [-0.2, -0.15) is 0 Å². The lowest BCUT2D eigenvalue weighted by molar-refractivity contribution is -0.113. The maximum absolute atomic E-state index is 12.4. The van der Waals surface area contributed by atoms with Crippen molar-refractivity contribution in [2.75, 3.05) is 18.2 Å². The van der Waals surface area contributed by atoms with Gasteiger partial charge in [0.05, 0.1) is 18.6 Å². The van der Waals surface area contributed by atoms with Gasteiger partial charge in [0.15, 0.2) is 5.13 Å². The van der Waals surface area contributed by atoms with E-state index in [0.717, 1.165) is 39.4 Å². The van der Waals surface area contributed by atoms with Gasteiger partial charge in [-0.1, -0.05) is 30.0 Å². The van der Waals surface area contributed by atoms with Crippen LogP contribution in [-0.2, 0) is 22.4 Å². The third-order valence-corrected chi connectivity index (χ3v) is 8.02. The zero-order valence-corrected chi connectivity index (χ0v) is 18.7. The lowest BCUT2D eigenvalue weighted by Crippen LogP contribution is -2.14. The molecule has 0 bridgehead atoms. The Morgan fingerprint density at radius 2 is 2.17 bits per heavy atom. The molecule has 152 valence electrons. The van der Waals surface area contributed by atoms with E-state index in [1.54, 1.807) is 24.6 Å². The number of nitrogens with zero attached hydrogens (tertiary/aromatic N) is 3. The van der Waals surface area contributed by atoms with Crippen LogP contribution in [0, 0.1) is 12.8 Å². The van der Waals surface area contributed by atoms with E-state index in [-0.39, 0.29) is 11.7 Å². The van der Waals surface area contributed by atoms with E-state index < -0.39 is 5.97 Å². The van der Waals surface area contributed by atoms with Crippen LogP contribution in [0.25, 0.3) is 10.2 Å². The number of fused-ring (bicyclic) bond motifs is 3. The summed E-state index contributed by atoms with van der Waals surface area (Å²) in [5.41, 5.74) is 1.89. The van der Waals surface area contributed by atoms with Gasteiger partial charge in [0.2, 0.25) is 5.91 Å². The summed E-state index contributed by atoms with van der Waals surface area (Å²) < 4.78 is 4.73. The normalized spacial score (nSPS) is 15.9. The minimum atomic E-state index is -0.449. The molecule has 1 amide bonds. The van der Waals surface area contributed by atoms with E-state index in [2.05, 4.69) is 27.2 Å². The zero-order valence-electron chi connectivity index (χ0n) is 16.3. The van der Waals surface area contributed by atoms with E-state index in [4.69, 9.17) is 4.74 Å². The quantitative estimate of drug-likeness (QED) is 0.357. The highest BCUT2D eigenvalue weighted by molar-refractivity contribution is 8.00. The molecule has 7 nitrogen and oxygen atoms in total. The maximum Gasteiger partial charge on any atom is 0.350 e. The fraction of sp³-hybridized carbons (Fsp3) is 0.421. The highest BCUT2D eigenvalue weighted by Crippen LogP contribution is 2.40. The number of methoxy groups -OCH3 is 1. The number of carbonyl (C=O) groups excluding carboxylic acids is 2. The van der Waals surface area contributed by atoms with Crippen molar-refractivity contribution in [3.05, 3.63) is 27.3 Å². The molecule has 0 saturated heterocycles. The summed E-state index contributed by atoms with van der Waals surface area (Å²) in [7, 11) is 1.32. The molecule has 1 atom stereocenters. The smallest absolute Gasteiger partial charge is 0.350 e. The number of amides is 1. The van der Waals surface area contributed by atoms with Crippen molar-refractivity contribution in [3.63, 3.8) is 0 Å². The maximum atomic E-state index is 12.4. The molecule has 0 radical (unpaired) electrons. The van der Waals surface area contributed by atoms with Crippen LogP contribution in [-0.4, -0.2) is 39.7 Å². The third-order valence-electron chi connectivity index (χ3n) is 4.81. The van der Waals surface area contributed by atoms with Crippen LogP contribution in [0.2, 0.25) is 0 Å². The molecule has 0 saturated carbocycles. The summed E-state index contributed by atoms with van der Waals surface area (Å²) in [6.45, 7) is 4.00. The predicted octanol–water partition coefficient (Wildman–Crippen LogP) is 4.10. The molecule has 3 heterocycles. The standard InChI is InChI=1S/C19H20N4O3S3/c1-9-4-5-11-12(6-9)28-17-14(11)16(20-8-21-17)27-7-13(24)23-19-22-10(2)15(29-19)18(25)26-3/h8-9H,4-7H2,1-3H3,(H,22,23,24). The average molecular weight is 449 g/mol. The van der Waals surface area contributed by atoms with Crippen LogP contribution in [0.15, 0.2) is 11.4 Å². The number of anilines is 1. The first-order valence-electron chi connectivity index (χ1n) is 9.20. The second kappa shape index (κ2) is 8.37. The van der Waals surface area contributed by atoms with Crippen molar-refractivity contribution in [2.45, 2.75) is 38.1 Å². The number of hydrogen-bond acceptors (Lipinski definition) is 9. The molecular weight excluding hydrogens is 428 g/mol. The molecule has 10 heteroatoms. The van der Waals surface area contributed by atoms with Gasteiger partial charge in [0.25, 0.3) is 0 Å². The number of ether oxygens (including phenoxy) is 1. The Bertz CT molecular complexity index is 1090. The van der Waals surface area contributed by atoms with Gasteiger partial charge in [0.1, 0.15) is 21.1 Å². The fourth-order valence-electron chi connectivity index (χ4n) is 3.38. The highest BCUT2D eigenvalue weighted by Gasteiger charge is 2.23. The predicted molar refractivity (Wildman–Crippen MR) is 116 cm³/mol. The van der Waals surface area contributed by atoms with Crippen molar-refractivity contribution < 1.29 is 14.3 Å². The van der Waals surface area contributed by atoms with E-state index in [9.17, 15) is 9.59 Å². The van der Waals surface area contributed by atoms with Crippen LogP contribution < -0.4 is 5.32 Å². The Hall–Kier alpha value is -2.04. The van der Waals surface area contributed by atoms with Crippen LogP contribution in [0.3, 0.4) is 0 Å². The first-order valence-corrected chi connectivity index (χ1v) is 11.8. The lowest BCUT2D eigenvalue weighted by atomic mass is 9.89. The number of carbonyl (C=O) groups is 2. The average Bonchev–Trinajstić information content (AvgIpc) is 3.25. The number of esters is 1. The van der Waals surface area contributed by atoms with Gasteiger partial charge in [-0.15, -0.1) is 11.3 Å². The van der Waals surface area contributed by atoms with Crippen LogP contribution in [0.1, 0.15) is 39.2 Å². The van der Waals surface area contributed by atoms with Gasteiger partial charge in [0, 0.05) is 10.3 Å². The van der Waals surface area contributed by atoms with Crippen LogP contribution >= 0.6 is 34.4 Å². The number of thiazole rings is 1. The van der Waals surface area contributed by atoms with Gasteiger partial charge in [-0.3, -0.25) is 4.79 Å². The molecule has 1 aliphatic rings. The molecule has 3 aromatic heterocycles. The Morgan fingerprint density at radius 1 is 1.34 bits per heavy atom. The number of rotatable bonds is 5. The topological polar surface area (TPSA) is 94.1 Å². The highest BCUT2D eigenvalue weighted by atomic mass is 32.2.